The number of carbonyl (C=O) groups excluding carboxylic acids is 1. The quantitative estimate of drug-likeness (QED) is 0.0919. The number of aromatic nitrogens is 4. The Bertz CT molecular complexity index is 1040. The molecule has 0 spiro atoms. The summed E-state index contributed by atoms with van der Waals surface area (Å²) in [6, 6.07) is 2.39. The minimum Gasteiger partial charge on any atom is -0.492 e. The predicted molar refractivity (Wildman–Crippen MR) is 167 cm³/mol. The second-order valence-corrected chi connectivity index (χ2v) is 9.78. The Morgan fingerprint density at radius 1 is 0.592 bits per heavy atom. The molecule has 282 valence electrons. The van der Waals surface area contributed by atoms with Crippen molar-refractivity contribution in [3.8, 4) is 11.8 Å². The van der Waals surface area contributed by atoms with Gasteiger partial charge in [0.1, 0.15) is 12.4 Å². The Morgan fingerprint density at radius 3 is 1.47 bits per heavy atom. The first-order valence-electron chi connectivity index (χ1n) is 16.1. The van der Waals surface area contributed by atoms with E-state index in [-0.39, 0.29) is 38.0 Å². The van der Waals surface area contributed by atoms with E-state index in [0.29, 0.717) is 129 Å². The van der Waals surface area contributed by atoms with Crippen LogP contribution in [0.1, 0.15) is 12.1 Å². The number of aromatic hydroxyl groups is 2. The van der Waals surface area contributed by atoms with E-state index >= 15 is 0 Å². The van der Waals surface area contributed by atoms with E-state index in [1.807, 2.05) is 0 Å². The van der Waals surface area contributed by atoms with Gasteiger partial charge in [-0.25, -0.2) is 13.9 Å². The molecule has 0 saturated carbocycles. The summed E-state index contributed by atoms with van der Waals surface area (Å²) in [6.07, 6.45) is 1.75. The molecule has 0 aromatic carbocycles. The van der Waals surface area contributed by atoms with Crippen molar-refractivity contribution in [2.24, 2.45) is 0 Å². The van der Waals surface area contributed by atoms with Crippen LogP contribution in [-0.2, 0) is 65.3 Å². The minimum atomic E-state index is -0.665. The molecule has 2 aromatic rings. The molecule has 0 aliphatic rings. The van der Waals surface area contributed by atoms with E-state index < -0.39 is 12.6 Å². The van der Waals surface area contributed by atoms with Gasteiger partial charge in [0.15, 0.2) is 0 Å². The molecule has 0 unspecified atom stereocenters. The first-order valence-corrected chi connectivity index (χ1v) is 16.1. The van der Waals surface area contributed by atoms with Gasteiger partial charge in [-0.05, 0) is 0 Å². The van der Waals surface area contributed by atoms with Gasteiger partial charge in [-0.1, -0.05) is 5.21 Å². The fraction of sp³-hybridized carbons (Fsp3) is 0.767. The molecule has 0 fully saturated rings. The molecule has 0 amide bonds. The van der Waals surface area contributed by atoms with Crippen LogP contribution in [0, 0.1) is 0 Å². The molecule has 0 atom stereocenters. The Balaban J connectivity index is 1.26. The van der Waals surface area contributed by atoms with Crippen molar-refractivity contribution < 1.29 is 71.6 Å². The zero-order valence-corrected chi connectivity index (χ0v) is 28.0. The Kier molecular flexibility index (Phi) is 25.7. The first-order chi connectivity index (χ1) is 24.1. The average molecular weight is 710 g/mol. The van der Waals surface area contributed by atoms with Crippen LogP contribution in [0.2, 0.25) is 0 Å². The Labute approximate surface area is 285 Å². The number of halogens is 1. The van der Waals surface area contributed by atoms with Gasteiger partial charge in [-0.2, -0.15) is 0 Å². The minimum absolute atomic E-state index is 0.0535. The van der Waals surface area contributed by atoms with Crippen molar-refractivity contribution in [1.82, 2.24) is 19.7 Å². The van der Waals surface area contributed by atoms with E-state index in [1.165, 1.54) is 12.1 Å². The maximum absolute atomic E-state index is 11.8. The summed E-state index contributed by atoms with van der Waals surface area (Å²) in [4.78, 5) is 16.5. The number of nitrogens with zero attached hydrogens (tertiary/aromatic N) is 4. The molecular formula is C30H51FN4O14. The molecule has 0 radical (unpaired) electrons. The average Bonchev–Trinajstić information content (AvgIpc) is 3.69. The number of carbonyl (C=O) groups is 1. The predicted octanol–water partition coefficient (Wildman–Crippen LogP) is 0.172. The lowest BCUT2D eigenvalue weighted by Crippen LogP contribution is -2.20. The van der Waals surface area contributed by atoms with Crippen molar-refractivity contribution >= 4 is 5.97 Å². The second kappa shape index (κ2) is 29.9. The molecule has 0 saturated heterocycles. The lowest BCUT2D eigenvalue weighted by molar-refractivity contribution is -0.146. The van der Waals surface area contributed by atoms with Gasteiger partial charge in [0, 0.05) is 12.1 Å². The van der Waals surface area contributed by atoms with Gasteiger partial charge < -0.3 is 62.4 Å². The highest BCUT2D eigenvalue weighted by Crippen LogP contribution is 2.18. The first kappa shape index (κ1) is 42.2. The number of ether oxygens (including phenoxy) is 10. The van der Waals surface area contributed by atoms with E-state index in [0.717, 1.165) is 0 Å². The van der Waals surface area contributed by atoms with Gasteiger partial charge in [-0.15, -0.1) is 9.83 Å². The zero-order chi connectivity index (χ0) is 35.0. The number of hydrogen-bond acceptors (Lipinski definition) is 16. The van der Waals surface area contributed by atoms with Crippen LogP contribution < -0.4 is 4.84 Å². The summed E-state index contributed by atoms with van der Waals surface area (Å²) >= 11 is 0. The third kappa shape index (κ3) is 23.1. The molecular weight excluding hydrogens is 658 g/mol. The SMILES string of the molecule is O=C(CCOCCOCCOCCOCCn1cc(COCCOCCOCCOCCOCCOCC[18F])nn1)On1c(O)ccc1O. The Hall–Kier alpha value is -2.98. The van der Waals surface area contributed by atoms with Crippen LogP contribution in [-0.4, -0.2) is 168 Å². The molecule has 0 aliphatic heterocycles. The normalized spacial score (nSPS) is 11.4. The maximum atomic E-state index is 11.8. The molecule has 18 nitrogen and oxygen atoms in total. The van der Waals surface area contributed by atoms with Crippen LogP contribution >= 0.6 is 0 Å². The van der Waals surface area contributed by atoms with Crippen LogP contribution in [0.3, 0.4) is 0 Å². The van der Waals surface area contributed by atoms with Crippen molar-refractivity contribution in [1.29, 1.82) is 0 Å². The van der Waals surface area contributed by atoms with Crippen molar-refractivity contribution in [3.05, 3.63) is 24.0 Å². The maximum Gasteiger partial charge on any atom is 0.335 e. The van der Waals surface area contributed by atoms with Gasteiger partial charge in [-0.3, -0.25) is 0 Å². The second-order valence-electron chi connectivity index (χ2n) is 9.78. The van der Waals surface area contributed by atoms with Crippen LogP contribution in [0.5, 0.6) is 11.8 Å². The summed E-state index contributed by atoms with van der Waals surface area (Å²) in [5.41, 5.74) is 0.713. The molecule has 0 aliphatic carbocycles. The Morgan fingerprint density at radius 2 is 1.00 bits per heavy atom. The standard InChI is InChI=1S/C30H51FN4O14/c31-4-7-40-10-13-43-16-18-45-19-20-46-21-22-47-23-24-48-26-27-25-34(33-32-27)5-8-41-11-14-44-17-15-42-12-9-39-6-3-30(38)49-35-28(36)1-2-29(35)37/h1-2,25,36-37H,3-24,26H2/i31-1. The topological polar surface area (TPSA) is 195 Å². The molecule has 2 rings (SSSR count). The number of rotatable bonds is 35. The van der Waals surface area contributed by atoms with Crippen molar-refractivity contribution in [2.45, 2.75) is 19.6 Å². The van der Waals surface area contributed by atoms with Gasteiger partial charge in [0.2, 0.25) is 11.8 Å². The smallest absolute Gasteiger partial charge is 0.335 e. The molecule has 19 heteroatoms. The summed E-state index contributed by atoms with van der Waals surface area (Å²) in [7, 11) is 0. The summed E-state index contributed by atoms with van der Waals surface area (Å²) in [5.74, 6) is -1.43. The fourth-order valence-electron chi connectivity index (χ4n) is 3.56. The highest BCUT2D eigenvalue weighted by atomic mass is 18.2. The van der Waals surface area contributed by atoms with E-state index in [1.54, 1.807) is 10.9 Å². The number of hydrogen-bond donors (Lipinski definition) is 2. The monoisotopic (exact) mass is 709 g/mol. The highest BCUT2D eigenvalue weighted by Gasteiger charge is 2.12. The van der Waals surface area contributed by atoms with Crippen LogP contribution in [0.4, 0.5) is 4.39 Å². The third-order valence-electron chi connectivity index (χ3n) is 5.94. The molecule has 2 N–H and O–H groups in total. The van der Waals surface area contributed by atoms with Gasteiger partial charge in [0.25, 0.3) is 0 Å². The van der Waals surface area contributed by atoms with E-state index in [4.69, 9.17) is 52.2 Å². The van der Waals surface area contributed by atoms with Crippen molar-refractivity contribution in [2.75, 3.05) is 132 Å². The largest absolute Gasteiger partial charge is 0.492 e. The van der Waals surface area contributed by atoms with Gasteiger partial charge in [0.05, 0.1) is 151 Å². The highest BCUT2D eigenvalue weighted by molar-refractivity contribution is 5.70. The summed E-state index contributed by atoms with van der Waals surface area (Å²) < 4.78 is 68.0. The molecule has 2 aromatic heterocycles. The summed E-state index contributed by atoms with van der Waals surface area (Å²) in [5, 5.41) is 27.0. The fourth-order valence-corrected chi connectivity index (χ4v) is 3.56. The summed E-state index contributed by atoms with van der Waals surface area (Å²) in [6.45, 7) is 7.73. The van der Waals surface area contributed by atoms with Gasteiger partial charge >= 0.3 is 5.97 Å². The third-order valence-corrected chi connectivity index (χ3v) is 5.94. The van der Waals surface area contributed by atoms with Crippen LogP contribution in [0.15, 0.2) is 18.3 Å². The molecule has 2 heterocycles. The van der Waals surface area contributed by atoms with Crippen molar-refractivity contribution in [3.63, 3.8) is 0 Å². The lowest BCUT2D eigenvalue weighted by Gasteiger charge is -2.08. The zero-order valence-electron chi connectivity index (χ0n) is 28.0. The molecule has 0 bridgehead atoms. The van der Waals surface area contributed by atoms with Crippen LogP contribution in [0.25, 0.3) is 0 Å². The molecule has 49 heavy (non-hydrogen) atoms. The number of alkyl halides is 1. The van der Waals surface area contributed by atoms with E-state index in [9.17, 15) is 19.4 Å². The van der Waals surface area contributed by atoms with E-state index in [2.05, 4.69) is 10.3 Å². The lowest BCUT2D eigenvalue weighted by atomic mass is 10.5.